The first-order valence-corrected chi connectivity index (χ1v) is 7.32. The van der Waals surface area contributed by atoms with Crippen LogP contribution in [0.3, 0.4) is 0 Å². The molecule has 1 aromatic carbocycles. The van der Waals surface area contributed by atoms with Gasteiger partial charge in [0, 0.05) is 17.6 Å². The Labute approximate surface area is 115 Å². The van der Waals surface area contributed by atoms with Gasteiger partial charge in [0.2, 0.25) is 0 Å². The minimum absolute atomic E-state index is 0.589. The molecule has 2 unspecified atom stereocenters. The third-order valence-electron chi connectivity index (χ3n) is 4.17. The molecule has 0 saturated heterocycles. The second kappa shape index (κ2) is 5.20. The predicted octanol–water partition coefficient (Wildman–Crippen LogP) is 4.47. The Bertz CT molecular complexity index is 549. The van der Waals surface area contributed by atoms with Crippen LogP contribution in [0.5, 0.6) is 0 Å². The molecule has 19 heavy (non-hydrogen) atoms. The van der Waals surface area contributed by atoms with Crippen molar-refractivity contribution in [2.24, 2.45) is 11.8 Å². The van der Waals surface area contributed by atoms with Gasteiger partial charge in [-0.1, -0.05) is 32.0 Å². The lowest BCUT2D eigenvalue weighted by atomic mass is 9.80. The number of pyridine rings is 1. The van der Waals surface area contributed by atoms with Gasteiger partial charge in [-0.05, 0) is 43.2 Å². The van der Waals surface area contributed by atoms with Gasteiger partial charge in [-0.15, -0.1) is 0 Å². The summed E-state index contributed by atoms with van der Waals surface area (Å²) >= 11 is 0. The normalized spacial score (nSPS) is 27.4. The number of benzene rings is 1. The van der Waals surface area contributed by atoms with Crippen LogP contribution in [0, 0.1) is 11.8 Å². The lowest BCUT2D eigenvalue weighted by Crippen LogP contribution is -2.30. The van der Waals surface area contributed by atoms with Crippen LogP contribution in [0.15, 0.2) is 36.5 Å². The Kier molecular flexibility index (Phi) is 3.41. The first kappa shape index (κ1) is 12.5. The second-order valence-corrected chi connectivity index (χ2v) is 6.14. The molecule has 1 heterocycles. The Morgan fingerprint density at radius 1 is 1.00 bits per heavy atom. The van der Waals surface area contributed by atoms with Gasteiger partial charge in [-0.2, -0.15) is 0 Å². The Morgan fingerprint density at radius 2 is 1.74 bits per heavy atom. The van der Waals surface area contributed by atoms with Crippen molar-refractivity contribution in [3.63, 3.8) is 0 Å². The van der Waals surface area contributed by atoms with Crippen LogP contribution in [-0.2, 0) is 0 Å². The quantitative estimate of drug-likeness (QED) is 0.855. The highest BCUT2D eigenvalue weighted by Crippen LogP contribution is 2.31. The summed E-state index contributed by atoms with van der Waals surface area (Å²) in [4.78, 5) is 4.52. The SMILES string of the molecule is CC1CC(C)CC(Nc2cccc3cccnc23)C1. The summed E-state index contributed by atoms with van der Waals surface area (Å²) in [6.07, 6.45) is 5.78. The number of fused-ring (bicyclic) bond motifs is 1. The average molecular weight is 254 g/mol. The van der Waals surface area contributed by atoms with Gasteiger partial charge >= 0.3 is 0 Å². The molecule has 3 rings (SSSR count). The van der Waals surface area contributed by atoms with Crippen LogP contribution < -0.4 is 5.32 Å². The molecule has 1 aliphatic rings. The van der Waals surface area contributed by atoms with E-state index < -0.39 is 0 Å². The van der Waals surface area contributed by atoms with Crippen molar-refractivity contribution >= 4 is 16.6 Å². The number of anilines is 1. The van der Waals surface area contributed by atoms with Crippen molar-refractivity contribution in [1.82, 2.24) is 4.98 Å². The van der Waals surface area contributed by atoms with E-state index in [0.717, 1.165) is 17.4 Å². The van der Waals surface area contributed by atoms with E-state index in [1.165, 1.54) is 30.3 Å². The molecule has 0 radical (unpaired) electrons. The third-order valence-corrected chi connectivity index (χ3v) is 4.17. The Hall–Kier alpha value is -1.57. The van der Waals surface area contributed by atoms with Crippen molar-refractivity contribution in [2.45, 2.75) is 39.2 Å². The molecule has 1 aromatic heterocycles. The number of hydrogen-bond acceptors (Lipinski definition) is 2. The molecule has 0 spiro atoms. The number of aromatic nitrogens is 1. The molecule has 2 aromatic rings. The average Bonchev–Trinajstić information content (AvgIpc) is 2.38. The van der Waals surface area contributed by atoms with Crippen LogP contribution in [0.25, 0.3) is 10.9 Å². The molecule has 100 valence electrons. The molecular weight excluding hydrogens is 232 g/mol. The highest BCUT2D eigenvalue weighted by atomic mass is 14.9. The molecule has 1 N–H and O–H groups in total. The maximum absolute atomic E-state index is 4.52. The summed E-state index contributed by atoms with van der Waals surface area (Å²) in [6.45, 7) is 4.73. The summed E-state index contributed by atoms with van der Waals surface area (Å²) in [5, 5.41) is 4.93. The third kappa shape index (κ3) is 2.73. The van der Waals surface area contributed by atoms with E-state index in [0.29, 0.717) is 6.04 Å². The number of rotatable bonds is 2. The highest BCUT2D eigenvalue weighted by molar-refractivity contribution is 5.90. The summed E-state index contributed by atoms with van der Waals surface area (Å²) in [5.74, 6) is 1.65. The highest BCUT2D eigenvalue weighted by Gasteiger charge is 2.24. The maximum Gasteiger partial charge on any atom is 0.0933 e. The fraction of sp³-hybridized carbons (Fsp3) is 0.471. The minimum atomic E-state index is 0.589. The van der Waals surface area contributed by atoms with Gasteiger partial charge in [-0.3, -0.25) is 4.98 Å². The van der Waals surface area contributed by atoms with E-state index in [-0.39, 0.29) is 0 Å². The largest absolute Gasteiger partial charge is 0.381 e. The van der Waals surface area contributed by atoms with E-state index in [1.807, 2.05) is 12.3 Å². The van der Waals surface area contributed by atoms with Crippen molar-refractivity contribution in [2.75, 3.05) is 5.32 Å². The lowest BCUT2D eigenvalue weighted by Gasteiger charge is -2.32. The fourth-order valence-electron chi connectivity index (χ4n) is 3.51. The summed E-state index contributed by atoms with van der Waals surface area (Å²) < 4.78 is 0. The molecular formula is C17H22N2. The second-order valence-electron chi connectivity index (χ2n) is 6.14. The van der Waals surface area contributed by atoms with Crippen LogP contribution in [-0.4, -0.2) is 11.0 Å². The zero-order valence-corrected chi connectivity index (χ0v) is 11.8. The van der Waals surface area contributed by atoms with Crippen molar-refractivity contribution in [3.8, 4) is 0 Å². The van der Waals surface area contributed by atoms with Crippen molar-refractivity contribution in [3.05, 3.63) is 36.5 Å². The van der Waals surface area contributed by atoms with E-state index >= 15 is 0 Å². The van der Waals surface area contributed by atoms with E-state index in [4.69, 9.17) is 0 Å². The number of para-hydroxylation sites is 1. The molecule has 2 nitrogen and oxygen atoms in total. The first-order chi connectivity index (χ1) is 9.22. The summed E-state index contributed by atoms with van der Waals surface area (Å²) in [7, 11) is 0. The zero-order chi connectivity index (χ0) is 13.2. The smallest absolute Gasteiger partial charge is 0.0933 e. The standard InChI is InChI=1S/C17H22N2/c1-12-9-13(2)11-15(10-12)19-16-7-3-5-14-6-4-8-18-17(14)16/h3-8,12-13,15,19H,9-11H2,1-2H3. The minimum Gasteiger partial charge on any atom is -0.381 e. The number of hydrogen-bond donors (Lipinski definition) is 1. The van der Waals surface area contributed by atoms with Gasteiger partial charge in [0.25, 0.3) is 0 Å². The molecule has 1 aliphatic carbocycles. The van der Waals surface area contributed by atoms with Gasteiger partial charge in [0.05, 0.1) is 11.2 Å². The molecule has 0 bridgehead atoms. The van der Waals surface area contributed by atoms with Gasteiger partial charge < -0.3 is 5.32 Å². The molecule has 2 atom stereocenters. The fourth-order valence-corrected chi connectivity index (χ4v) is 3.51. The predicted molar refractivity (Wildman–Crippen MR) is 81.3 cm³/mol. The molecule has 0 amide bonds. The Balaban J connectivity index is 1.85. The topological polar surface area (TPSA) is 24.9 Å². The summed E-state index contributed by atoms with van der Waals surface area (Å²) in [6, 6.07) is 11.1. The number of nitrogens with zero attached hydrogens (tertiary/aromatic N) is 1. The van der Waals surface area contributed by atoms with Gasteiger partial charge in [-0.25, -0.2) is 0 Å². The first-order valence-electron chi connectivity index (χ1n) is 7.32. The van der Waals surface area contributed by atoms with E-state index in [1.54, 1.807) is 0 Å². The van der Waals surface area contributed by atoms with Crippen molar-refractivity contribution in [1.29, 1.82) is 0 Å². The van der Waals surface area contributed by atoms with E-state index in [9.17, 15) is 0 Å². The molecule has 2 heteroatoms. The molecule has 1 fully saturated rings. The van der Waals surface area contributed by atoms with Gasteiger partial charge in [0.1, 0.15) is 0 Å². The Morgan fingerprint density at radius 3 is 2.53 bits per heavy atom. The van der Waals surface area contributed by atoms with Crippen LogP contribution in [0.4, 0.5) is 5.69 Å². The number of nitrogens with one attached hydrogen (secondary N) is 1. The van der Waals surface area contributed by atoms with Gasteiger partial charge in [0.15, 0.2) is 0 Å². The zero-order valence-electron chi connectivity index (χ0n) is 11.8. The molecule has 1 saturated carbocycles. The van der Waals surface area contributed by atoms with Crippen LogP contribution in [0.1, 0.15) is 33.1 Å². The summed E-state index contributed by atoms with van der Waals surface area (Å²) in [5.41, 5.74) is 2.28. The van der Waals surface area contributed by atoms with Crippen LogP contribution in [0.2, 0.25) is 0 Å². The van der Waals surface area contributed by atoms with E-state index in [2.05, 4.69) is 48.4 Å². The lowest BCUT2D eigenvalue weighted by molar-refractivity contribution is 0.281. The maximum atomic E-state index is 4.52. The van der Waals surface area contributed by atoms with Crippen LogP contribution >= 0.6 is 0 Å². The van der Waals surface area contributed by atoms with Crippen molar-refractivity contribution < 1.29 is 0 Å². The molecule has 0 aliphatic heterocycles. The monoisotopic (exact) mass is 254 g/mol.